The molecule has 0 unspecified atom stereocenters. The highest BCUT2D eigenvalue weighted by Crippen LogP contribution is 2.32. The fourth-order valence-corrected chi connectivity index (χ4v) is 3.58. The van der Waals surface area contributed by atoms with Gasteiger partial charge in [0.2, 0.25) is 0 Å². The Kier molecular flexibility index (Phi) is 4.03. The molecule has 0 spiro atoms. The van der Waals surface area contributed by atoms with Crippen molar-refractivity contribution in [3.8, 4) is 22.6 Å². The van der Waals surface area contributed by atoms with Crippen LogP contribution in [0.4, 0.5) is 10.8 Å². The lowest BCUT2D eigenvalue weighted by Gasteiger charge is -2.06. The van der Waals surface area contributed by atoms with Crippen LogP contribution in [0.5, 0.6) is 0 Å². The molecule has 0 fully saturated rings. The van der Waals surface area contributed by atoms with Crippen molar-refractivity contribution in [3.05, 3.63) is 66.1 Å². The van der Waals surface area contributed by atoms with Crippen molar-refractivity contribution in [1.82, 2.24) is 19.5 Å². The molecule has 0 radical (unpaired) electrons. The van der Waals surface area contributed by atoms with E-state index in [1.807, 2.05) is 48.3 Å². The number of nitrogens with one attached hydrogen (secondary N) is 1. The Morgan fingerprint density at radius 2 is 1.96 bits per heavy atom. The van der Waals surface area contributed by atoms with Gasteiger partial charge >= 0.3 is 0 Å². The molecular formula is C19H17N5S. The molecule has 0 saturated carbocycles. The summed E-state index contributed by atoms with van der Waals surface area (Å²) >= 11 is 1.64. The summed E-state index contributed by atoms with van der Waals surface area (Å²) in [6, 6.07) is 12.2. The van der Waals surface area contributed by atoms with Crippen LogP contribution in [0.2, 0.25) is 0 Å². The van der Waals surface area contributed by atoms with E-state index in [1.165, 1.54) is 0 Å². The SMILES string of the molecule is Cc1sc(Nc2cccc(-c3nccn3C)c2)nc1-c1cccnc1. The summed E-state index contributed by atoms with van der Waals surface area (Å²) in [5, 5.41) is 4.28. The third kappa shape index (κ3) is 3.16. The minimum atomic E-state index is 0.869. The summed E-state index contributed by atoms with van der Waals surface area (Å²) in [7, 11) is 1.99. The third-order valence-corrected chi connectivity index (χ3v) is 4.81. The summed E-state index contributed by atoms with van der Waals surface area (Å²) in [4.78, 5) is 14.5. The molecule has 4 aromatic rings. The van der Waals surface area contributed by atoms with Gasteiger partial charge in [0.1, 0.15) is 5.82 Å². The summed E-state index contributed by atoms with van der Waals surface area (Å²) < 4.78 is 2.01. The van der Waals surface area contributed by atoms with Gasteiger partial charge in [0.15, 0.2) is 5.13 Å². The molecule has 6 heteroatoms. The van der Waals surface area contributed by atoms with Crippen LogP contribution >= 0.6 is 11.3 Å². The fourth-order valence-electron chi connectivity index (χ4n) is 2.72. The van der Waals surface area contributed by atoms with Crippen molar-refractivity contribution >= 4 is 22.2 Å². The van der Waals surface area contributed by atoms with E-state index in [-0.39, 0.29) is 0 Å². The fraction of sp³-hybridized carbons (Fsp3) is 0.105. The predicted molar refractivity (Wildman–Crippen MR) is 102 cm³/mol. The van der Waals surface area contributed by atoms with Crippen LogP contribution in [0.3, 0.4) is 0 Å². The first-order valence-corrected chi connectivity index (χ1v) is 8.75. The molecule has 25 heavy (non-hydrogen) atoms. The number of hydrogen-bond acceptors (Lipinski definition) is 5. The number of thiazole rings is 1. The topological polar surface area (TPSA) is 55.6 Å². The first kappa shape index (κ1) is 15.5. The van der Waals surface area contributed by atoms with Crippen molar-refractivity contribution in [2.75, 3.05) is 5.32 Å². The van der Waals surface area contributed by atoms with E-state index in [0.29, 0.717) is 0 Å². The Morgan fingerprint density at radius 3 is 2.72 bits per heavy atom. The van der Waals surface area contributed by atoms with Gasteiger partial charge in [0, 0.05) is 53.5 Å². The molecular weight excluding hydrogens is 330 g/mol. The monoisotopic (exact) mass is 347 g/mol. The molecule has 124 valence electrons. The number of aryl methyl sites for hydroxylation is 2. The summed E-state index contributed by atoms with van der Waals surface area (Å²) in [6.45, 7) is 2.08. The molecule has 0 bridgehead atoms. The average Bonchev–Trinajstić information content (AvgIpc) is 3.21. The van der Waals surface area contributed by atoms with Crippen LogP contribution in [0.25, 0.3) is 22.6 Å². The second-order valence-corrected chi connectivity index (χ2v) is 6.94. The zero-order valence-electron chi connectivity index (χ0n) is 14.0. The van der Waals surface area contributed by atoms with E-state index in [2.05, 4.69) is 34.3 Å². The van der Waals surface area contributed by atoms with E-state index in [9.17, 15) is 0 Å². The highest BCUT2D eigenvalue weighted by Gasteiger charge is 2.11. The Labute approximate surface area is 150 Å². The molecule has 0 aliphatic carbocycles. The Morgan fingerprint density at radius 1 is 1.08 bits per heavy atom. The van der Waals surface area contributed by atoms with Crippen molar-refractivity contribution in [3.63, 3.8) is 0 Å². The number of pyridine rings is 1. The van der Waals surface area contributed by atoms with Gasteiger partial charge in [-0.15, -0.1) is 11.3 Å². The Hall–Kier alpha value is -2.99. The van der Waals surface area contributed by atoms with Gasteiger partial charge in [-0.25, -0.2) is 9.97 Å². The van der Waals surface area contributed by atoms with E-state index >= 15 is 0 Å². The van der Waals surface area contributed by atoms with Gasteiger partial charge in [-0.3, -0.25) is 4.98 Å². The molecule has 0 aliphatic rings. The van der Waals surface area contributed by atoms with Gasteiger partial charge in [0.05, 0.1) is 5.69 Å². The van der Waals surface area contributed by atoms with E-state index < -0.39 is 0 Å². The number of aromatic nitrogens is 4. The van der Waals surface area contributed by atoms with Crippen molar-refractivity contribution in [1.29, 1.82) is 0 Å². The Bertz CT molecular complexity index is 1000. The van der Waals surface area contributed by atoms with Crippen LogP contribution in [0.15, 0.2) is 61.2 Å². The lowest BCUT2D eigenvalue weighted by atomic mass is 10.2. The molecule has 4 rings (SSSR count). The van der Waals surface area contributed by atoms with Crippen LogP contribution in [-0.2, 0) is 7.05 Å². The molecule has 0 aliphatic heterocycles. The quantitative estimate of drug-likeness (QED) is 0.583. The number of anilines is 2. The first-order chi connectivity index (χ1) is 12.2. The molecule has 3 aromatic heterocycles. The van der Waals surface area contributed by atoms with Gasteiger partial charge in [-0.05, 0) is 31.2 Å². The summed E-state index contributed by atoms with van der Waals surface area (Å²) in [6.07, 6.45) is 7.36. The standard InChI is InChI=1S/C19H17N5S/c1-13-17(15-6-4-8-20-12-15)23-19(25-13)22-16-7-3-5-14(11-16)18-21-9-10-24(18)2/h3-12H,1-2H3,(H,22,23). The van der Waals surface area contributed by atoms with Crippen molar-refractivity contribution < 1.29 is 0 Å². The van der Waals surface area contributed by atoms with Gasteiger partial charge in [-0.1, -0.05) is 12.1 Å². The van der Waals surface area contributed by atoms with Crippen molar-refractivity contribution in [2.24, 2.45) is 7.05 Å². The van der Waals surface area contributed by atoms with Crippen LogP contribution < -0.4 is 5.32 Å². The smallest absolute Gasteiger partial charge is 0.187 e. The minimum Gasteiger partial charge on any atom is -0.334 e. The maximum atomic E-state index is 4.73. The lowest BCUT2D eigenvalue weighted by molar-refractivity contribution is 0.925. The normalized spacial score (nSPS) is 10.8. The Balaban J connectivity index is 1.62. The third-order valence-electron chi connectivity index (χ3n) is 3.92. The first-order valence-electron chi connectivity index (χ1n) is 7.93. The molecule has 0 atom stereocenters. The van der Waals surface area contributed by atoms with Gasteiger partial charge < -0.3 is 9.88 Å². The molecule has 1 aromatic carbocycles. The molecule has 5 nitrogen and oxygen atoms in total. The lowest BCUT2D eigenvalue weighted by Crippen LogP contribution is -1.94. The average molecular weight is 347 g/mol. The van der Waals surface area contributed by atoms with Crippen LogP contribution in [0.1, 0.15) is 4.88 Å². The van der Waals surface area contributed by atoms with E-state index in [0.717, 1.165) is 38.3 Å². The largest absolute Gasteiger partial charge is 0.334 e. The van der Waals surface area contributed by atoms with E-state index in [4.69, 9.17) is 4.98 Å². The predicted octanol–water partition coefficient (Wildman–Crippen LogP) is 4.66. The molecule has 1 N–H and O–H groups in total. The number of hydrogen-bond donors (Lipinski definition) is 1. The second kappa shape index (κ2) is 6.49. The van der Waals surface area contributed by atoms with Gasteiger partial charge in [-0.2, -0.15) is 0 Å². The zero-order valence-corrected chi connectivity index (χ0v) is 14.8. The summed E-state index contributed by atoms with van der Waals surface area (Å²) in [5.41, 5.74) is 4.07. The number of imidazole rings is 1. The molecule has 3 heterocycles. The number of rotatable bonds is 4. The molecule has 0 amide bonds. The minimum absolute atomic E-state index is 0.869. The maximum absolute atomic E-state index is 4.73. The highest BCUT2D eigenvalue weighted by molar-refractivity contribution is 7.16. The van der Waals surface area contributed by atoms with Crippen LogP contribution in [0, 0.1) is 6.92 Å². The van der Waals surface area contributed by atoms with E-state index in [1.54, 1.807) is 23.7 Å². The zero-order chi connectivity index (χ0) is 17.2. The maximum Gasteiger partial charge on any atom is 0.187 e. The van der Waals surface area contributed by atoms with Gasteiger partial charge in [0.25, 0.3) is 0 Å². The molecule has 0 saturated heterocycles. The summed E-state index contributed by atoms with van der Waals surface area (Å²) in [5.74, 6) is 0.940. The van der Waals surface area contributed by atoms with Crippen LogP contribution in [-0.4, -0.2) is 19.5 Å². The number of benzene rings is 1. The number of nitrogens with zero attached hydrogens (tertiary/aromatic N) is 4. The van der Waals surface area contributed by atoms with Crippen molar-refractivity contribution in [2.45, 2.75) is 6.92 Å². The second-order valence-electron chi connectivity index (χ2n) is 5.73. The highest BCUT2D eigenvalue weighted by atomic mass is 32.1.